The maximum Gasteiger partial charge on any atom is 0.250 e. The molecule has 40 heavy (non-hydrogen) atoms. The molecule has 4 rings (SSSR count). The molecule has 1 N–H and O–H groups in total. The Bertz CT molecular complexity index is 1300. The predicted octanol–water partition coefficient (Wildman–Crippen LogP) is 7.86. The second-order valence-electron chi connectivity index (χ2n) is 12.3. The first-order chi connectivity index (χ1) is 18.8. The van der Waals surface area contributed by atoms with Crippen molar-refractivity contribution >= 4 is 8.32 Å². The third-order valence-electron chi connectivity index (χ3n) is 8.69. The minimum absolute atomic E-state index is 0.0277. The number of hydrogen-bond acceptors (Lipinski definition) is 6. The summed E-state index contributed by atoms with van der Waals surface area (Å²) >= 11 is 0. The van der Waals surface area contributed by atoms with Gasteiger partial charge in [-0.1, -0.05) is 71.0 Å². The molecule has 4 atom stereocenters. The van der Waals surface area contributed by atoms with Crippen LogP contribution in [0, 0.1) is 11.8 Å². The van der Waals surface area contributed by atoms with E-state index in [1.165, 1.54) is 0 Å². The first-order valence-electron chi connectivity index (χ1n) is 13.9. The molecule has 1 unspecified atom stereocenters. The quantitative estimate of drug-likeness (QED) is 0.267. The summed E-state index contributed by atoms with van der Waals surface area (Å²) in [6, 6.07) is 21.5. The number of benzene rings is 3. The lowest BCUT2D eigenvalue weighted by molar-refractivity contribution is -0.220. The molecule has 0 saturated carbocycles. The summed E-state index contributed by atoms with van der Waals surface area (Å²) in [5.41, 5.74) is 2.64. The molecule has 0 aromatic heterocycles. The summed E-state index contributed by atoms with van der Waals surface area (Å²) in [4.78, 5) is 0. The van der Waals surface area contributed by atoms with Crippen LogP contribution in [-0.4, -0.2) is 27.6 Å². The SMILES string of the molecule is COc1cc([C@H]2OC(O)(c3ccc(O[Si](C)(C)C(C)(C)C)c(OC)c3)[C@H](C)[C@H]2C)ccc1OCc1ccccc1. The third-order valence-corrected chi connectivity index (χ3v) is 13.0. The number of ether oxygens (including phenoxy) is 4. The Kier molecular flexibility index (Phi) is 8.59. The first kappa shape index (κ1) is 30.0. The standard InChI is InChI=1S/C33H44O6Si/c1-22-23(2)33(34,26-16-18-28(30(20-26)36-7)39-40(8,9)32(3,4)5)38-31(22)25-15-17-27(29(19-25)35-6)37-21-24-13-11-10-12-14-24/h10-20,22-23,31,34H,21H2,1-9H3/t22-,23-,31+,33?/m1/s1. The summed E-state index contributed by atoms with van der Waals surface area (Å²) < 4.78 is 30.4. The van der Waals surface area contributed by atoms with Gasteiger partial charge in [0.05, 0.1) is 20.3 Å². The fraction of sp³-hybridized carbons (Fsp3) is 0.455. The molecule has 1 aliphatic heterocycles. The Morgan fingerprint density at radius 3 is 2.10 bits per heavy atom. The minimum atomic E-state index is -2.08. The van der Waals surface area contributed by atoms with Crippen LogP contribution in [0.15, 0.2) is 66.7 Å². The van der Waals surface area contributed by atoms with Crippen LogP contribution in [0.25, 0.3) is 0 Å². The monoisotopic (exact) mass is 564 g/mol. The van der Waals surface area contributed by atoms with Crippen LogP contribution in [0.1, 0.15) is 57.4 Å². The predicted molar refractivity (Wildman–Crippen MR) is 161 cm³/mol. The molecule has 7 heteroatoms. The summed E-state index contributed by atoms with van der Waals surface area (Å²) in [6.07, 6.45) is -0.341. The Hall–Kier alpha value is -3.00. The second-order valence-corrected chi connectivity index (χ2v) is 17.0. The van der Waals surface area contributed by atoms with Crippen molar-refractivity contribution in [1.29, 1.82) is 0 Å². The van der Waals surface area contributed by atoms with Crippen LogP contribution < -0.4 is 18.6 Å². The molecule has 1 fully saturated rings. The first-order valence-corrected chi connectivity index (χ1v) is 16.8. The molecule has 0 aliphatic carbocycles. The maximum absolute atomic E-state index is 11.9. The van der Waals surface area contributed by atoms with Gasteiger partial charge in [0.15, 0.2) is 23.0 Å². The van der Waals surface area contributed by atoms with Crippen molar-refractivity contribution in [3.63, 3.8) is 0 Å². The molecule has 1 heterocycles. The molecule has 0 radical (unpaired) electrons. The van der Waals surface area contributed by atoms with E-state index in [-0.39, 0.29) is 23.0 Å². The summed E-state index contributed by atoms with van der Waals surface area (Å²) in [5, 5.41) is 12.0. The van der Waals surface area contributed by atoms with Gasteiger partial charge >= 0.3 is 0 Å². The van der Waals surface area contributed by atoms with Crippen LogP contribution in [0.5, 0.6) is 23.0 Å². The van der Waals surface area contributed by atoms with Crippen molar-refractivity contribution in [2.24, 2.45) is 11.8 Å². The average molecular weight is 565 g/mol. The van der Waals surface area contributed by atoms with Crippen molar-refractivity contribution in [3.8, 4) is 23.0 Å². The van der Waals surface area contributed by atoms with E-state index in [1.54, 1.807) is 14.2 Å². The van der Waals surface area contributed by atoms with E-state index in [0.29, 0.717) is 35.2 Å². The largest absolute Gasteiger partial charge is 0.541 e. The molecule has 3 aromatic carbocycles. The van der Waals surface area contributed by atoms with E-state index < -0.39 is 14.1 Å². The Labute approximate surface area is 240 Å². The van der Waals surface area contributed by atoms with E-state index >= 15 is 0 Å². The van der Waals surface area contributed by atoms with Gasteiger partial charge in [-0.2, -0.15) is 0 Å². The summed E-state index contributed by atoms with van der Waals surface area (Å²) in [7, 11) is 1.18. The fourth-order valence-corrected chi connectivity index (χ4v) is 5.87. The normalized spacial score (nSPS) is 23.1. The van der Waals surface area contributed by atoms with Crippen LogP contribution in [0.4, 0.5) is 0 Å². The lowest BCUT2D eigenvalue weighted by Gasteiger charge is -2.37. The second kappa shape index (κ2) is 11.5. The number of hydrogen-bond donors (Lipinski definition) is 1. The molecule has 0 bridgehead atoms. The molecular weight excluding hydrogens is 520 g/mol. The molecule has 0 amide bonds. The van der Waals surface area contributed by atoms with Crippen LogP contribution >= 0.6 is 0 Å². The Balaban J connectivity index is 1.58. The van der Waals surface area contributed by atoms with E-state index in [9.17, 15) is 5.11 Å². The van der Waals surface area contributed by atoms with Crippen LogP contribution in [-0.2, 0) is 17.1 Å². The van der Waals surface area contributed by atoms with Crippen molar-refractivity contribution in [2.45, 2.75) is 71.2 Å². The fourth-order valence-electron chi connectivity index (χ4n) is 4.85. The summed E-state index contributed by atoms with van der Waals surface area (Å²) in [5.74, 6) is 0.904. The van der Waals surface area contributed by atoms with Crippen LogP contribution in [0.3, 0.4) is 0 Å². The zero-order chi connectivity index (χ0) is 29.3. The van der Waals surface area contributed by atoms with Gasteiger partial charge in [0.1, 0.15) is 12.4 Å². The lowest BCUT2D eigenvalue weighted by Crippen LogP contribution is -2.44. The molecule has 1 aliphatic rings. The zero-order valence-electron chi connectivity index (χ0n) is 25.3. The number of aliphatic hydroxyl groups is 1. The van der Waals surface area contributed by atoms with Gasteiger partial charge in [0, 0.05) is 11.5 Å². The van der Waals surface area contributed by atoms with Crippen molar-refractivity contribution in [2.75, 3.05) is 14.2 Å². The van der Waals surface area contributed by atoms with E-state index in [2.05, 4.69) is 40.8 Å². The van der Waals surface area contributed by atoms with Gasteiger partial charge in [-0.05, 0) is 65.5 Å². The molecule has 3 aromatic rings. The van der Waals surface area contributed by atoms with Gasteiger partial charge in [0.25, 0.3) is 8.32 Å². The van der Waals surface area contributed by atoms with Gasteiger partial charge in [-0.25, -0.2) is 0 Å². The zero-order valence-corrected chi connectivity index (χ0v) is 26.3. The van der Waals surface area contributed by atoms with Gasteiger partial charge in [0.2, 0.25) is 0 Å². The van der Waals surface area contributed by atoms with Crippen molar-refractivity contribution < 1.29 is 28.5 Å². The third kappa shape index (κ3) is 5.87. The highest BCUT2D eigenvalue weighted by Gasteiger charge is 2.52. The maximum atomic E-state index is 11.9. The van der Waals surface area contributed by atoms with Gasteiger partial charge in [-0.3, -0.25) is 0 Å². The molecule has 216 valence electrons. The van der Waals surface area contributed by atoms with E-state index in [4.69, 9.17) is 23.4 Å². The Morgan fingerprint density at radius 2 is 1.48 bits per heavy atom. The molecule has 6 nitrogen and oxygen atoms in total. The van der Waals surface area contributed by atoms with Gasteiger partial charge in [-0.15, -0.1) is 0 Å². The topological polar surface area (TPSA) is 66.4 Å². The molecule has 1 saturated heterocycles. The minimum Gasteiger partial charge on any atom is -0.541 e. The van der Waals surface area contributed by atoms with Gasteiger partial charge < -0.3 is 28.5 Å². The highest BCUT2D eigenvalue weighted by atomic mass is 28.4. The Morgan fingerprint density at radius 1 is 0.850 bits per heavy atom. The number of methoxy groups -OCH3 is 2. The highest BCUT2D eigenvalue weighted by molar-refractivity contribution is 6.74. The lowest BCUT2D eigenvalue weighted by atomic mass is 9.83. The van der Waals surface area contributed by atoms with Crippen molar-refractivity contribution in [3.05, 3.63) is 83.4 Å². The molecule has 0 spiro atoms. The average Bonchev–Trinajstić information content (AvgIpc) is 3.16. The van der Waals surface area contributed by atoms with E-state index in [0.717, 1.165) is 11.1 Å². The highest BCUT2D eigenvalue weighted by Crippen LogP contribution is 2.53. The van der Waals surface area contributed by atoms with Crippen LogP contribution in [0.2, 0.25) is 18.1 Å². The smallest absolute Gasteiger partial charge is 0.250 e. The number of rotatable bonds is 9. The van der Waals surface area contributed by atoms with E-state index in [1.807, 2.05) is 73.7 Å². The summed E-state index contributed by atoms with van der Waals surface area (Å²) in [6.45, 7) is 15.6. The van der Waals surface area contributed by atoms with Crippen molar-refractivity contribution in [1.82, 2.24) is 0 Å². The molecular formula is C33H44O6Si.